The van der Waals surface area contributed by atoms with Crippen molar-refractivity contribution in [2.24, 2.45) is 0 Å². The lowest BCUT2D eigenvalue weighted by atomic mass is 9.86. The molecule has 31 heavy (non-hydrogen) atoms. The standard InChI is InChI=1S/C22H27F3N2O2S2/c1-21(2,3)17-9-5-15(6-10-17)8-12-20(30)26-14-16-7-11-19(27-31(4,28)29)18(13-16)22(23,24)25/h5-7,9-11,13,27H,8,12,14H2,1-4H3,(H,26,30). The van der Waals surface area contributed by atoms with Crippen LogP contribution in [-0.4, -0.2) is 19.7 Å². The number of hydrogen-bond donors (Lipinski definition) is 2. The first-order chi connectivity index (χ1) is 14.1. The maximum Gasteiger partial charge on any atom is 0.418 e. The fourth-order valence-electron chi connectivity index (χ4n) is 2.94. The van der Waals surface area contributed by atoms with Crippen molar-refractivity contribution in [1.29, 1.82) is 0 Å². The number of aryl methyl sites for hydroxylation is 1. The topological polar surface area (TPSA) is 58.2 Å². The molecule has 4 nitrogen and oxygen atoms in total. The van der Waals surface area contributed by atoms with E-state index in [0.717, 1.165) is 30.4 Å². The molecule has 0 amide bonds. The van der Waals surface area contributed by atoms with Gasteiger partial charge in [-0.1, -0.05) is 63.3 Å². The Morgan fingerprint density at radius 3 is 2.10 bits per heavy atom. The Morgan fingerprint density at radius 1 is 1.00 bits per heavy atom. The number of sulfonamides is 1. The van der Waals surface area contributed by atoms with Crippen molar-refractivity contribution in [3.63, 3.8) is 0 Å². The normalized spacial score (nSPS) is 12.5. The zero-order valence-electron chi connectivity index (χ0n) is 17.9. The molecule has 2 N–H and O–H groups in total. The second-order valence-corrected chi connectivity index (χ2v) is 10.7. The van der Waals surface area contributed by atoms with Crippen LogP contribution < -0.4 is 10.0 Å². The third-order valence-electron chi connectivity index (χ3n) is 4.64. The number of rotatable bonds is 7. The van der Waals surface area contributed by atoms with Crippen molar-refractivity contribution in [2.75, 3.05) is 11.0 Å². The highest BCUT2D eigenvalue weighted by Crippen LogP contribution is 2.36. The van der Waals surface area contributed by atoms with Gasteiger partial charge in [0.1, 0.15) is 0 Å². The van der Waals surface area contributed by atoms with Gasteiger partial charge in [0.15, 0.2) is 0 Å². The average molecular weight is 473 g/mol. The molecule has 9 heteroatoms. The largest absolute Gasteiger partial charge is 0.418 e. The molecule has 0 unspecified atom stereocenters. The first-order valence-corrected chi connectivity index (χ1v) is 12.0. The van der Waals surface area contributed by atoms with Gasteiger partial charge in [-0.2, -0.15) is 13.2 Å². The monoisotopic (exact) mass is 472 g/mol. The van der Waals surface area contributed by atoms with Crippen LogP contribution >= 0.6 is 12.2 Å². The van der Waals surface area contributed by atoms with E-state index in [4.69, 9.17) is 12.2 Å². The number of hydrogen-bond acceptors (Lipinski definition) is 3. The number of halogens is 3. The summed E-state index contributed by atoms with van der Waals surface area (Å²) >= 11 is 5.32. The van der Waals surface area contributed by atoms with Gasteiger partial charge in [-0.15, -0.1) is 0 Å². The molecule has 0 saturated heterocycles. The Bertz CT molecular complexity index is 1030. The maximum absolute atomic E-state index is 13.3. The van der Waals surface area contributed by atoms with E-state index in [0.29, 0.717) is 17.0 Å². The molecule has 0 bridgehead atoms. The summed E-state index contributed by atoms with van der Waals surface area (Å²) in [6.07, 6.45) is -2.59. The fraction of sp³-hybridized carbons (Fsp3) is 0.409. The van der Waals surface area contributed by atoms with E-state index in [1.165, 1.54) is 11.6 Å². The molecular weight excluding hydrogens is 445 g/mol. The molecule has 0 aliphatic rings. The lowest BCUT2D eigenvalue weighted by molar-refractivity contribution is -0.136. The van der Waals surface area contributed by atoms with Crippen LogP contribution in [0.3, 0.4) is 0 Å². The van der Waals surface area contributed by atoms with Crippen molar-refractivity contribution in [2.45, 2.75) is 51.7 Å². The van der Waals surface area contributed by atoms with Crippen molar-refractivity contribution >= 4 is 32.9 Å². The summed E-state index contributed by atoms with van der Waals surface area (Å²) in [5.41, 5.74) is 1.26. The van der Waals surface area contributed by atoms with E-state index < -0.39 is 27.5 Å². The number of thiocarbonyl (C=S) groups is 1. The van der Waals surface area contributed by atoms with Gasteiger partial charge < -0.3 is 5.32 Å². The van der Waals surface area contributed by atoms with E-state index in [1.807, 2.05) is 4.72 Å². The molecule has 0 aliphatic heterocycles. The molecular formula is C22H27F3N2O2S2. The van der Waals surface area contributed by atoms with Crippen LogP contribution in [0.4, 0.5) is 18.9 Å². The minimum absolute atomic E-state index is 0.0804. The summed E-state index contributed by atoms with van der Waals surface area (Å²) < 4.78 is 64.6. The molecule has 0 aliphatic carbocycles. The average Bonchev–Trinajstić information content (AvgIpc) is 2.63. The third-order valence-corrected chi connectivity index (χ3v) is 5.57. The highest BCUT2D eigenvalue weighted by molar-refractivity contribution is 7.92. The predicted molar refractivity (Wildman–Crippen MR) is 123 cm³/mol. The van der Waals surface area contributed by atoms with Crippen molar-refractivity contribution < 1.29 is 21.6 Å². The molecule has 170 valence electrons. The smallest absolute Gasteiger partial charge is 0.376 e. The van der Waals surface area contributed by atoms with Crippen LogP contribution in [0.15, 0.2) is 42.5 Å². The molecule has 2 aromatic carbocycles. The molecule has 0 spiro atoms. The number of anilines is 1. The lowest BCUT2D eigenvalue weighted by Crippen LogP contribution is -2.22. The SMILES string of the molecule is CC(C)(C)c1ccc(CCC(=S)NCc2ccc(NS(C)(=O)=O)c(C(F)(F)F)c2)cc1. The molecule has 2 aromatic rings. The summed E-state index contributed by atoms with van der Waals surface area (Å²) in [5.74, 6) is 0. The summed E-state index contributed by atoms with van der Waals surface area (Å²) in [6, 6.07) is 11.8. The Kier molecular flexibility index (Phi) is 7.75. The molecule has 0 aromatic heterocycles. The number of benzene rings is 2. The van der Waals surface area contributed by atoms with Crippen LogP contribution in [0.1, 0.15) is 49.4 Å². The van der Waals surface area contributed by atoms with Crippen molar-refractivity contribution in [3.8, 4) is 0 Å². The molecule has 0 fully saturated rings. The molecule has 2 rings (SSSR count). The first-order valence-electron chi connectivity index (χ1n) is 9.69. The zero-order valence-corrected chi connectivity index (χ0v) is 19.6. The van der Waals surface area contributed by atoms with E-state index in [-0.39, 0.29) is 12.0 Å². The van der Waals surface area contributed by atoms with Gasteiger partial charge in [0.25, 0.3) is 0 Å². The summed E-state index contributed by atoms with van der Waals surface area (Å²) in [4.78, 5) is 0.548. The van der Waals surface area contributed by atoms with Crippen LogP contribution in [0.2, 0.25) is 0 Å². The van der Waals surface area contributed by atoms with Gasteiger partial charge >= 0.3 is 6.18 Å². The van der Waals surface area contributed by atoms with E-state index >= 15 is 0 Å². The van der Waals surface area contributed by atoms with Crippen molar-refractivity contribution in [1.82, 2.24) is 5.32 Å². The zero-order chi connectivity index (χ0) is 23.4. The lowest BCUT2D eigenvalue weighted by Gasteiger charge is -2.19. The Balaban J connectivity index is 1.98. The van der Waals surface area contributed by atoms with Crippen LogP contribution in [0, 0.1) is 0 Å². The van der Waals surface area contributed by atoms with Gasteiger partial charge in [0.05, 0.1) is 22.5 Å². The van der Waals surface area contributed by atoms with Gasteiger partial charge in [0, 0.05) is 13.0 Å². The highest BCUT2D eigenvalue weighted by Gasteiger charge is 2.34. The predicted octanol–water partition coefficient (Wildman–Crippen LogP) is 5.42. The van der Waals surface area contributed by atoms with Gasteiger partial charge in [0.2, 0.25) is 10.0 Å². The number of alkyl halides is 3. The minimum Gasteiger partial charge on any atom is -0.376 e. The van der Waals surface area contributed by atoms with Gasteiger partial charge in [-0.25, -0.2) is 8.42 Å². The first kappa shape index (κ1) is 25.1. The molecule has 0 saturated carbocycles. The summed E-state index contributed by atoms with van der Waals surface area (Å²) in [5, 5.41) is 2.98. The van der Waals surface area contributed by atoms with Crippen LogP contribution in [-0.2, 0) is 34.6 Å². The van der Waals surface area contributed by atoms with Crippen molar-refractivity contribution in [3.05, 3.63) is 64.7 Å². The molecule has 0 radical (unpaired) electrons. The van der Waals surface area contributed by atoms with Crippen LogP contribution in [0.5, 0.6) is 0 Å². The highest BCUT2D eigenvalue weighted by atomic mass is 32.2. The van der Waals surface area contributed by atoms with Gasteiger partial charge in [-0.3, -0.25) is 4.72 Å². The maximum atomic E-state index is 13.3. The summed E-state index contributed by atoms with van der Waals surface area (Å²) in [6.45, 7) is 6.56. The summed E-state index contributed by atoms with van der Waals surface area (Å²) in [7, 11) is -3.83. The van der Waals surface area contributed by atoms with Gasteiger partial charge in [-0.05, 0) is 40.7 Å². The van der Waals surface area contributed by atoms with E-state index in [1.54, 1.807) is 0 Å². The number of nitrogens with one attached hydrogen (secondary N) is 2. The second-order valence-electron chi connectivity index (χ2n) is 8.48. The molecule has 0 heterocycles. The third kappa shape index (κ3) is 8.14. The Hall–Kier alpha value is -2.13. The quantitative estimate of drug-likeness (QED) is 0.528. The molecule has 0 atom stereocenters. The second kappa shape index (κ2) is 9.56. The minimum atomic E-state index is -4.69. The Labute approximate surface area is 187 Å². The van der Waals surface area contributed by atoms with Crippen LogP contribution in [0.25, 0.3) is 0 Å². The fourth-order valence-corrected chi connectivity index (χ4v) is 3.69. The van der Waals surface area contributed by atoms with E-state index in [2.05, 4.69) is 50.4 Å². The van der Waals surface area contributed by atoms with E-state index in [9.17, 15) is 21.6 Å². The Morgan fingerprint density at radius 2 is 1.58 bits per heavy atom.